The van der Waals surface area contributed by atoms with Crippen LogP contribution in [0.15, 0.2) is 36.4 Å². The Morgan fingerprint density at radius 3 is 2.41 bits per heavy atom. The number of benzene rings is 1. The SMILES string of the molecule is CN1CCCC(CN2CCN(c3ccc(-c4ccc(Cl)cc4)nn3)CC2)C1. The molecule has 2 aliphatic heterocycles. The molecular weight excluding hydrogens is 358 g/mol. The second-order valence-electron chi connectivity index (χ2n) is 7.84. The lowest BCUT2D eigenvalue weighted by atomic mass is 9.97. The quantitative estimate of drug-likeness (QED) is 0.807. The normalized spacial score (nSPS) is 22.1. The van der Waals surface area contributed by atoms with Gasteiger partial charge in [-0.1, -0.05) is 23.7 Å². The van der Waals surface area contributed by atoms with E-state index in [4.69, 9.17) is 11.6 Å². The fourth-order valence-corrected chi connectivity index (χ4v) is 4.34. The number of hydrogen-bond donors (Lipinski definition) is 0. The lowest BCUT2D eigenvalue weighted by molar-refractivity contribution is 0.147. The van der Waals surface area contributed by atoms with Gasteiger partial charge < -0.3 is 9.80 Å². The summed E-state index contributed by atoms with van der Waals surface area (Å²) >= 11 is 5.96. The van der Waals surface area contributed by atoms with Crippen LogP contribution in [0.25, 0.3) is 11.3 Å². The van der Waals surface area contributed by atoms with Gasteiger partial charge in [0.15, 0.2) is 5.82 Å². The second-order valence-corrected chi connectivity index (χ2v) is 8.28. The number of nitrogens with zero attached hydrogens (tertiary/aromatic N) is 5. The van der Waals surface area contributed by atoms with E-state index in [0.29, 0.717) is 0 Å². The van der Waals surface area contributed by atoms with Crippen LogP contribution in [0.4, 0.5) is 5.82 Å². The van der Waals surface area contributed by atoms with Crippen LogP contribution in [-0.4, -0.2) is 72.9 Å². The van der Waals surface area contributed by atoms with Crippen LogP contribution >= 0.6 is 11.6 Å². The summed E-state index contributed by atoms with van der Waals surface area (Å²) in [5, 5.41) is 9.63. The highest BCUT2D eigenvalue weighted by Crippen LogP contribution is 2.22. The maximum absolute atomic E-state index is 5.96. The van der Waals surface area contributed by atoms with E-state index >= 15 is 0 Å². The van der Waals surface area contributed by atoms with Crippen molar-refractivity contribution in [3.8, 4) is 11.3 Å². The Balaban J connectivity index is 1.31. The first-order valence-electron chi connectivity index (χ1n) is 9.93. The Labute approximate surface area is 166 Å². The predicted octanol–water partition coefficient (Wildman–Crippen LogP) is 3.26. The molecule has 2 saturated heterocycles. The van der Waals surface area contributed by atoms with E-state index in [-0.39, 0.29) is 0 Å². The van der Waals surface area contributed by atoms with E-state index in [2.05, 4.69) is 44.1 Å². The van der Waals surface area contributed by atoms with Crippen molar-refractivity contribution in [2.45, 2.75) is 12.8 Å². The van der Waals surface area contributed by atoms with E-state index in [9.17, 15) is 0 Å². The van der Waals surface area contributed by atoms with Gasteiger partial charge in [-0.15, -0.1) is 10.2 Å². The first-order chi connectivity index (χ1) is 13.2. The highest BCUT2D eigenvalue weighted by atomic mass is 35.5. The molecule has 4 rings (SSSR count). The molecular formula is C21H28ClN5. The maximum Gasteiger partial charge on any atom is 0.151 e. The topological polar surface area (TPSA) is 35.5 Å². The number of piperidine rings is 1. The van der Waals surface area contributed by atoms with Crippen LogP contribution in [0.1, 0.15) is 12.8 Å². The van der Waals surface area contributed by atoms with Gasteiger partial charge in [-0.25, -0.2) is 0 Å². The third kappa shape index (κ3) is 4.78. The molecule has 3 heterocycles. The highest BCUT2D eigenvalue weighted by molar-refractivity contribution is 6.30. The van der Waals surface area contributed by atoms with Gasteiger partial charge in [-0.05, 0) is 56.6 Å². The van der Waals surface area contributed by atoms with Crippen molar-refractivity contribution in [3.05, 3.63) is 41.4 Å². The molecule has 2 aliphatic rings. The molecule has 2 fully saturated rings. The molecule has 0 amide bonds. The van der Waals surface area contributed by atoms with E-state index in [0.717, 1.165) is 54.2 Å². The van der Waals surface area contributed by atoms with Crippen LogP contribution in [0.2, 0.25) is 5.02 Å². The molecule has 0 radical (unpaired) electrons. The lowest BCUT2D eigenvalue weighted by Crippen LogP contribution is -2.49. The van der Waals surface area contributed by atoms with Crippen molar-refractivity contribution in [1.29, 1.82) is 0 Å². The Morgan fingerprint density at radius 1 is 0.963 bits per heavy atom. The third-order valence-electron chi connectivity index (χ3n) is 5.73. The van der Waals surface area contributed by atoms with Crippen molar-refractivity contribution in [2.75, 3.05) is 57.8 Å². The zero-order chi connectivity index (χ0) is 18.6. The highest BCUT2D eigenvalue weighted by Gasteiger charge is 2.23. The van der Waals surface area contributed by atoms with Crippen LogP contribution < -0.4 is 4.90 Å². The fraction of sp³-hybridized carbons (Fsp3) is 0.524. The van der Waals surface area contributed by atoms with Crippen LogP contribution in [-0.2, 0) is 0 Å². The van der Waals surface area contributed by atoms with Crippen molar-refractivity contribution < 1.29 is 0 Å². The second kappa shape index (κ2) is 8.55. The van der Waals surface area contributed by atoms with Crippen LogP contribution in [0, 0.1) is 5.92 Å². The number of aromatic nitrogens is 2. The van der Waals surface area contributed by atoms with Gasteiger partial charge in [0.1, 0.15) is 0 Å². The van der Waals surface area contributed by atoms with E-state index < -0.39 is 0 Å². The molecule has 2 aromatic rings. The molecule has 1 unspecified atom stereocenters. The predicted molar refractivity (Wildman–Crippen MR) is 111 cm³/mol. The minimum atomic E-state index is 0.737. The monoisotopic (exact) mass is 385 g/mol. The summed E-state index contributed by atoms with van der Waals surface area (Å²) in [5.74, 6) is 1.80. The molecule has 0 N–H and O–H groups in total. The Morgan fingerprint density at radius 2 is 1.74 bits per heavy atom. The number of rotatable bonds is 4. The fourth-order valence-electron chi connectivity index (χ4n) is 4.22. The summed E-state index contributed by atoms with van der Waals surface area (Å²) in [7, 11) is 2.25. The van der Waals surface area contributed by atoms with Crippen LogP contribution in [0.3, 0.4) is 0 Å². The molecule has 5 nitrogen and oxygen atoms in total. The van der Waals surface area contributed by atoms with Crippen molar-refractivity contribution >= 4 is 17.4 Å². The van der Waals surface area contributed by atoms with Gasteiger partial charge in [0.25, 0.3) is 0 Å². The number of piperazine rings is 1. The average molecular weight is 386 g/mol. The zero-order valence-electron chi connectivity index (χ0n) is 16.0. The number of anilines is 1. The van der Waals surface area contributed by atoms with Crippen LogP contribution in [0.5, 0.6) is 0 Å². The summed E-state index contributed by atoms with van der Waals surface area (Å²) < 4.78 is 0. The molecule has 0 saturated carbocycles. The molecule has 1 aromatic carbocycles. The Hall–Kier alpha value is -1.69. The summed E-state index contributed by atoms with van der Waals surface area (Å²) in [6, 6.07) is 11.9. The molecule has 27 heavy (non-hydrogen) atoms. The number of likely N-dealkylation sites (tertiary alicyclic amines) is 1. The van der Waals surface area contributed by atoms with Gasteiger partial charge in [-0.3, -0.25) is 4.90 Å². The molecule has 1 aromatic heterocycles. The Kier molecular flexibility index (Phi) is 5.91. The third-order valence-corrected chi connectivity index (χ3v) is 5.98. The Bertz CT molecular complexity index is 725. The molecule has 6 heteroatoms. The van der Waals surface area contributed by atoms with Gasteiger partial charge in [0.2, 0.25) is 0 Å². The standard InChI is InChI=1S/C21H28ClN5/c1-25-10-2-3-17(15-25)16-26-11-13-27(14-12-26)21-9-8-20(23-24-21)18-4-6-19(22)7-5-18/h4-9,17H,2-3,10-16H2,1H3. The van der Waals surface area contributed by atoms with E-state index in [1.807, 2.05) is 24.3 Å². The minimum Gasteiger partial charge on any atom is -0.353 e. The molecule has 144 valence electrons. The first-order valence-corrected chi connectivity index (χ1v) is 10.3. The van der Waals surface area contributed by atoms with Gasteiger partial charge in [0, 0.05) is 49.9 Å². The molecule has 0 bridgehead atoms. The van der Waals surface area contributed by atoms with Gasteiger partial charge in [-0.2, -0.15) is 0 Å². The maximum atomic E-state index is 5.96. The van der Waals surface area contributed by atoms with Gasteiger partial charge in [0.05, 0.1) is 5.69 Å². The smallest absolute Gasteiger partial charge is 0.151 e. The largest absolute Gasteiger partial charge is 0.353 e. The average Bonchev–Trinajstić information content (AvgIpc) is 2.69. The van der Waals surface area contributed by atoms with Crippen molar-refractivity contribution in [3.63, 3.8) is 0 Å². The first kappa shape index (κ1) is 18.7. The number of halogens is 1. The lowest BCUT2D eigenvalue weighted by Gasteiger charge is -2.38. The van der Waals surface area contributed by atoms with Crippen molar-refractivity contribution in [2.24, 2.45) is 5.92 Å². The summed E-state index contributed by atoms with van der Waals surface area (Å²) in [4.78, 5) is 7.44. The summed E-state index contributed by atoms with van der Waals surface area (Å²) in [5.41, 5.74) is 1.93. The zero-order valence-corrected chi connectivity index (χ0v) is 16.8. The molecule has 1 atom stereocenters. The van der Waals surface area contributed by atoms with E-state index in [1.54, 1.807) is 0 Å². The van der Waals surface area contributed by atoms with Crippen molar-refractivity contribution in [1.82, 2.24) is 20.0 Å². The molecule has 0 aliphatic carbocycles. The summed E-state index contributed by atoms with van der Waals surface area (Å²) in [6.07, 6.45) is 2.72. The summed E-state index contributed by atoms with van der Waals surface area (Å²) in [6.45, 7) is 8.02. The van der Waals surface area contributed by atoms with Gasteiger partial charge >= 0.3 is 0 Å². The minimum absolute atomic E-state index is 0.737. The number of hydrogen-bond acceptors (Lipinski definition) is 5. The van der Waals surface area contributed by atoms with E-state index in [1.165, 1.54) is 32.5 Å². The molecule has 0 spiro atoms.